The van der Waals surface area contributed by atoms with Gasteiger partial charge in [0.1, 0.15) is 0 Å². The number of benzene rings is 8. The van der Waals surface area contributed by atoms with E-state index in [1.807, 2.05) is 0 Å². The third kappa shape index (κ3) is 7.09. The van der Waals surface area contributed by atoms with Crippen molar-refractivity contribution in [2.24, 2.45) is 23.7 Å². The smallest absolute Gasteiger partial charge is 0.0505 e. The Morgan fingerprint density at radius 3 is 1.74 bits per heavy atom. The van der Waals surface area contributed by atoms with Gasteiger partial charge in [-0.2, -0.15) is 0 Å². The van der Waals surface area contributed by atoms with Crippen LogP contribution in [0.25, 0.3) is 22.3 Å². The Balaban J connectivity index is 1.02. The van der Waals surface area contributed by atoms with Crippen LogP contribution in [0.3, 0.4) is 0 Å². The summed E-state index contributed by atoms with van der Waals surface area (Å²) < 4.78 is 0. The van der Waals surface area contributed by atoms with Crippen molar-refractivity contribution in [2.75, 3.05) is 9.80 Å². The second-order valence-corrected chi connectivity index (χ2v) is 22.9. The van der Waals surface area contributed by atoms with E-state index in [1.165, 1.54) is 136 Å². The van der Waals surface area contributed by atoms with E-state index in [0.717, 1.165) is 24.7 Å². The predicted octanol–water partition coefficient (Wildman–Crippen LogP) is 19.1. The average molecular weight is 939 g/mol. The van der Waals surface area contributed by atoms with Crippen molar-refractivity contribution in [3.05, 3.63) is 227 Å². The molecule has 0 amide bonds. The van der Waals surface area contributed by atoms with E-state index in [4.69, 9.17) is 0 Å². The predicted molar refractivity (Wildman–Crippen MR) is 303 cm³/mol. The van der Waals surface area contributed by atoms with Crippen LogP contribution >= 0.6 is 0 Å². The minimum absolute atomic E-state index is 0.146. The number of para-hydroxylation sites is 3. The van der Waals surface area contributed by atoms with Crippen LogP contribution in [0, 0.1) is 23.7 Å². The summed E-state index contributed by atoms with van der Waals surface area (Å²) in [6.45, 7) is 9.67. The summed E-state index contributed by atoms with van der Waals surface area (Å²) in [4.78, 5) is 5.40. The van der Waals surface area contributed by atoms with Gasteiger partial charge in [0.2, 0.25) is 0 Å². The van der Waals surface area contributed by atoms with E-state index in [-0.39, 0.29) is 10.8 Å². The summed E-state index contributed by atoms with van der Waals surface area (Å²) in [5.41, 5.74) is 23.3. The molecule has 72 heavy (non-hydrogen) atoms. The van der Waals surface area contributed by atoms with Gasteiger partial charge in [-0.15, -0.1) is 0 Å². The van der Waals surface area contributed by atoms with Crippen LogP contribution in [0.4, 0.5) is 34.1 Å². The van der Waals surface area contributed by atoms with Gasteiger partial charge in [-0.1, -0.05) is 187 Å². The van der Waals surface area contributed by atoms with E-state index < -0.39 is 0 Å². The fraction of sp³-hybridized carbons (Fsp3) is 0.314. The number of anilines is 6. The van der Waals surface area contributed by atoms with Crippen LogP contribution < -0.4 is 9.80 Å². The van der Waals surface area contributed by atoms with Crippen molar-refractivity contribution in [3.8, 4) is 22.3 Å². The van der Waals surface area contributed by atoms with Crippen molar-refractivity contribution < 1.29 is 0 Å². The Hall–Kier alpha value is -6.64. The molecule has 2 fully saturated rings. The van der Waals surface area contributed by atoms with Crippen LogP contribution in [0.5, 0.6) is 0 Å². The highest BCUT2D eigenvalue weighted by Gasteiger charge is 2.62. The molecule has 1 spiro atoms. The normalized spacial score (nSPS) is 21.9. The molecule has 0 bridgehead atoms. The summed E-state index contributed by atoms with van der Waals surface area (Å²) >= 11 is 0. The summed E-state index contributed by atoms with van der Waals surface area (Å²) in [6, 6.07) is 72.5. The van der Waals surface area contributed by atoms with Crippen molar-refractivity contribution >= 4 is 34.1 Å². The zero-order valence-electron chi connectivity index (χ0n) is 43.0. The van der Waals surface area contributed by atoms with Crippen molar-refractivity contribution in [1.29, 1.82) is 0 Å². The van der Waals surface area contributed by atoms with Crippen LogP contribution in [-0.2, 0) is 23.7 Å². The maximum absolute atomic E-state index is 2.73. The first-order chi connectivity index (χ1) is 35.4. The number of fused-ring (bicyclic) bond motifs is 5. The van der Waals surface area contributed by atoms with Crippen molar-refractivity contribution in [2.45, 2.75) is 115 Å². The molecule has 5 atom stereocenters. The second-order valence-electron chi connectivity index (χ2n) is 22.9. The lowest BCUT2D eigenvalue weighted by molar-refractivity contribution is 0.258. The molecule has 0 heterocycles. The molecule has 5 aliphatic carbocycles. The van der Waals surface area contributed by atoms with Crippen LogP contribution in [0.15, 0.2) is 188 Å². The molecule has 0 N–H and O–H groups in total. The summed E-state index contributed by atoms with van der Waals surface area (Å²) in [7, 11) is 0. The molecule has 0 aliphatic heterocycles. The third-order valence-corrected chi connectivity index (χ3v) is 18.9. The van der Waals surface area contributed by atoms with E-state index in [9.17, 15) is 0 Å². The van der Waals surface area contributed by atoms with Crippen LogP contribution in [-0.4, -0.2) is 0 Å². The quantitative estimate of drug-likeness (QED) is 0.120. The maximum atomic E-state index is 2.73. The molecular weight excluding hydrogens is 869 g/mol. The zero-order valence-corrected chi connectivity index (χ0v) is 43.0. The fourth-order valence-corrected chi connectivity index (χ4v) is 15.7. The van der Waals surface area contributed by atoms with Crippen molar-refractivity contribution in [1.82, 2.24) is 0 Å². The van der Waals surface area contributed by atoms with Crippen molar-refractivity contribution in [3.63, 3.8) is 0 Å². The Morgan fingerprint density at radius 2 is 1.07 bits per heavy atom. The topological polar surface area (TPSA) is 6.48 Å². The molecule has 2 heteroatoms. The van der Waals surface area contributed by atoms with Gasteiger partial charge in [-0.25, -0.2) is 0 Å². The molecule has 0 saturated heterocycles. The van der Waals surface area contributed by atoms with E-state index >= 15 is 0 Å². The maximum Gasteiger partial charge on any atom is 0.0505 e. The summed E-state index contributed by atoms with van der Waals surface area (Å²) in [5, 5.41) is 0. The molecule has 2 nitrogen and oxygen atoms in total. The third-order valence-electron chi connectivity index (χ3n) is 18.9. The molecule has 13 rings (SSSR count). The molecule has 0 aromatic heterocycles. The number of hydrogen-bond acceptors (Lipinski definition) is 2. The fourth-order valence-electron chi connectivity index (χ4n) is 15.7. The second kappa shape index (κ2) is 18.1. The number of nitrogens with zero attached hydrogens (tertiary/aromatic N) is 2. The number of hydrogen-bond donors (Lipinski definition) is 0. The Kier molecular flexibility index (Phi) is 11.4. The van der Waals surface area contributed by atoms with Gasteiger partial charge < -0.3 is 9.80 Å². The number of rotatable bonds is 12. The first-order valence-electron chi connectivity index (χ1n) is 27.8. The van der Waals surface area contributed by atoms with E-state index in [1.54, 1.807) is 16.7 Å². The van der Waals surface area contributed by atoms with Gasteiger partial charge in [0.25, 0.3) is 0 Å². The highest BCUT2D eigenvalue weighted by Crippen LogP contribution is 2.69. The Morgan fingerprint density at radius 1 is 0.500 bits per heavy atom. The lowest BCUT2D eigenvalue weighted by Gasteiger charge is -2.41. The molecule has 2 saturated carbocycles. The molecule has 360 valence electrons. The molecule has 5 aliphatic rings. The first-order valence-corrected chi connectivity index (χ1v) is 27.8. The van der Waals surface area contributed by atoms with E-state index in [0.29, 0.717) is 17.8 Å². The minimum atomic E-state index is -0.171. The monoisotopic (exact) mass is 939 g/mol. The SMILES string of the molecule is CCC(CC)CC1CCCC(c2ccccc2N(c2ccccc2)c2cccc3c2C24c5c(cccc5N(c5ccccc5)c5cc(-c6ccccc6)c6c(c5)C(C)(C)c5ccccc5-6)CC2CCC4C3)C1. The van der Waals surface area contributed by atoms with Gasteiger partial charge in [-0.3, -0.25) is 0 Å². The van der Waals surface area contributed by atoms with Gasteiger partial charge in [0, 0.05) is 33.6 Å². The Bertz CT molecular complexity index is 3270. The van der Waals surface area contributed by atoms with Crippen LogP contribution in [0.1, 0.15) is 130 Å². The zero-order chi connectivity index (χ0) is 48.6. The molecule has 8 aromatic carbocycles. The highest BCUT2D eigenvalue weighted by atomic mass is 15.2. The van der Waals surface area contributed by atoms with Gasteiger partial charge in [-0.05, 0) is 190 Å². The lowest BCUT2D eigenvalue weighted by Crippen LogP contribution is -2.35. The molecule has 0 radical (unpaired) electrons. The summed E-state index contributed by atoms with van der Waals surface area (Å²) in [5.74, 6) is 3.21. The highest BCUT2D eigenvalue weighted by molar-refractivity contribution is 5.97. The Labute approximate surface area is 429 Å². The molecule has 8 aromatic rings. The van der Waals surface area contributed by atoms with Gasteiger partial charge in [0.05, 0.1) is 11.4 Å². The standard InChI is InChI=1S/C70H70N2/c1-5-47(6-2)41-48-23-20-26-50(42-48)58-33-17-19-36-63(58)72(56-31-14-9-15-32-56)65-38-22-28-52-44-54-40-39-53-43-51-27-21-37-64(67(51)70(53,54)68(52)65)71(55-29-12-8-13-30-55)57-45-60(49-24-10-7-11-25-49)66-59-34-16-18-35-61(59)69(3,4)62(66)46-57/h7-19,21-22,24-25,27-38,45-48,50,53-54H,5-6,20,23,26,39-44H2,1-4H3. The minimum Gasteiger partial charge on any atom is -0.310 e. The first kappa shape index (κ1) is 45.2. The van der Waals surface area contributed by atoms with Gasteiger partial charge in [0.15, 0.2) is 0 Å². The molecule has 5 unspecified atom stereocenters. The summed E-state index contributed by atoms with van der Waals surface area (Å²) in [6.07, 6.45) is 14.0. The lowest BCUT2D eigenvalue weighted by atomic mass is 9.68. The largest absolute Gasteiger partial charge is 0.310 e. The van der Waals surface area contributed by atoms with Crippen LogP contribution in [0.2, 0.25) is 0 Å². The van der Waals surface area contributed by atoms with Gasteiger partial charge >= 0.3 is 0 Å². The van der Waals surface area contributed by atoms with E-state index in [2.05, 4.69) is 226 Å². The average Bonchev–Trinajstić information content (AvgIpc) is 4.13. The molecular formula is C70H70N2.